The summed E-state index contributed by atoms with van der Waals surface area (Å²) in [5.74, 6) is 0.469. The highest BCUT2D eigenvalue weighted by Crippen LogP contribution is 2.27. The molecule has 130 valence electrons. The zero-order valence-electron chi connectivity index (χ0n) is 13.9. The first-order valence-electron chi connectivity index (χ1n) is 8.06. The smallest absolute Gasteiger partial charge is 0.238 e. The van der Waals surface area contributed by atoms with Gasteiger partial charge in [-0.1, -0.05) is 29.8 Å². The van der Waals surface area contributed by atoms with Crippen molar-refractivity contribution in [2.24, 2.45) is 0 Å². The summed E-state index contributed by atoms with van der Waals surface area (Å²) in [5.41, 5.74) is 3.02. The molecule has 3 rings (SSSR count). The standard InChI is InChI=1S/C19H20ClN3O2/c1-25-18-7-6-14(10-16(18)20)23-19(24)12-21-9-8-13-11-22-17-5-3-2-4-15(13)17/h2-7,10-11,21-22H,8-9,12H2,1H3,(H,23,24). The molecule has 6 heteroatoms. The molecule has 0 saturated heterocycles. The number of benzene rings is 2. The lowest BCUT2D eigenvalue weighted by Crippen LogP contribution is -2.29. The second kappa shape index (κ2) is 8.05. The van der Waals surface area contributed by atoms with E-state index < -0.39 is 0 Å². The van der Waals surface area contributed by atoms with Gasteiger partial charge in [-0.25, -0.2) is 0 Å². The van der Waals surface area contributed by atoms with E-state index in [1.807, 2.05) is 18.3 Å². The van der Waals surface area contributed by atoms with Gasteiger partial charge in [0.1, 0.15) is 5.75 Å². The average molecular weight is 358 g/mol. The number of ether oxygens (including phenoxy) is 1. The van der Waals surface area contributed by atoms with Gasteiger partial charge in [0.05, 0.1) is 18.7 Å². The Morgan fingerprint density at radius 1 is 1.24 bits per heavy atom. The predicted octanol–water partition coefficient (Wildman–Crippen LogP) is 3.60. The van der Waals surface area contributed by atoms with Gasteiger partial charge in [0.15, 0.2) is 0 Å². The Bertz CT molecular complexity index is 876. The molecule has 3 N–H and O–H groups in total. The Morgan fingerprint density at radius 2 is 2.08 bits per heavy atom. The molecule has 5 nitrogen and oxygen atoms in total. The van der Waals surface area contributed by atoms with Crippen molar-refractivity contribution < 1.29 is 9.53 Å². The lowest BCUT2D eigenvalue weighted by molar-refractivity contribution is -0.115. The molecule has 0 radical (unpaired) electrons. The van der Waals surface area contributed by atoms with Crippen molar-refractivity contribution in [2.75, 3.05) is 25.5 Å². The molecule has 0 atom stereocenters. The Kier molecular flexibility index (Phi) is 5.58. The van der Waals surface area contributed by atoms with Crippen molar-refractivity contribution in [2.45, 2.75) is 6.42 Å². The van der Waals surface area contributed by atoms with E-state index in [4.69, 9.17) is 16.3 Å². The van der Waals surface area contributed by atoms with Gasteiger partial charge in [0, 0.05) is 22.8 Å². The highest BCUT2D eigenvalue weighted by molar-refractivity contribution is 6.32. The molecule has 0 aliphatic heterocycles. The van der Waals surface area contributed by atoms with E-state index in [0.29, 0.717) is 16.5 Å². The van der Waals surface area contributed by atoms with Crippen LogP contribution in [-0.2, 0) is 11.2 Å². The number of para-hydroxylation sites is 1. The van der Waals surface area contributed by atoms with Crippen LogP contribution >= 0.6 is 11.6 Å². The Balaban J connectivity index is 1.46. The average Bonchev–Trinajstić information content (AvgIpc) is 3.02. The number of carbonyl (C=O) groups excluding carboxylic acids is 1. The summed E-state index contributed by atoms with van der Waals surface area (Å²) in [7, 11) is 1.55. The number of aromatic nitrogens is 1. The van der Waals surface area contributed by atoms with E-state index in [2.05, 4.69) is 27.8 Å². The van der Waals surface area contributed by atoms with Gasteiger partial charge in [0.25, 0.3) is 0 Å². The minimum absolute atomic E-state index is 0.111. The molecule has 1 aromatic heterocycles. The fourth-order valence-electron chi connectivity index (χ4n) is 2.71. The molecule has 0 saturated carbocycles. The number of halogens is 1. The maximum absolute atomic E-state index is 12.0. The molecule has 2 aromatic carbocycles. The minimum atomic E-state index is -0.111. The first-order chi connectivity index (χ1) is 12.2. The quantitative estimate of drug-likeness (QED) is 0.566. The highest BCUT2D eigenvalue weighted by Gasteiger charge is 2.06. The Labute approximate surface area is 151 Å². The molecule has 1 heterocycles. The predicted molar refractivity (Wildman–Crippen MR) is 102 cm³/mol. The summed E-state index contributed by atoms with van der Waals surface area (Å²) in [6.45, 7) is 0.963. The number of anilines is 1. The number of amides is 1. The highest BCUT2D eigenvalue weighted by atomic mass is 35.5. The van der Waals surface area contributed by atoms with Crippen LogP contribution in [0.2, 0.25) is 5.02 Å². The monoisotopic (exact) mass is 357 g/mol. The summed E-state index contributed by atoms with van der Waals surface area (Å²) in [4.78, 5) is 15.3. The van der Waals surface area contributed by atoms with E-state index >= 15 is 0 Å². The molecule has 25 heavy (non-hydrogen) atoms. The molecule has 0 fully saturated rings. The number of rotatable bonds is 7. The molecule has 1 amide bonds. The van der Waals surface area contributed by atoms with E-state index in [0.717, 1.165) is 18.5 Å². The molecular weight excluding hydrogens is 338 g/mol. The van der Waals surface area contributed by atoms with E-state index in [1.165, 1.54) is 10.9 Å². The molecular formula is C19H20ClN3O2. The first-order valence-corrected chi connectivity index (χ1v) is 8.44. The summed E-state index contributed by atoms with van der Waals surface area (Å²) < 4.78 is 5.09. The SMILES string of the molecule is COc1ccc(NC(=O)CNCCc2c[nH]c3ccccc23)cc1Cl. The van der Waals surface area contributed by atoms with Gasteiger partial charge in [-0.05, 0) is 42.8 Å². The van der Waals surface area contributed by atoms with Crippen LogP contribution in [0.25, 0.3) is 10.9 Å². The van der Waals surface area contributed by atoms with Gasteiger partial charge in [-0.15, -0.1) is 0 Å². The Morgan fingerprint density at radius 3 is 2.88 bits per heavy atom. The fourth-order valence-corrected chi connectivity index (χ4v) is 2.97. The van der Waals surface area contributed by atoms with Gasteiger partial charge in [0.2, 0.25) is 5.91 Å². The van der Waals surface area contributed by atoms with Crippen molar-refractivity contribution in [3.05, 3.63) is 59.2 Å². The van der Waals surface area contributed by atoms with Crippen LogP contribution in [0.15, 0.2) is 48.7 Å². The van der Waals surface area contributed by atoms with Crippen LogP contribution in [0.5, 0.6) is 5.75 Å². The summed E-state index contributed by atoms with van der Waals surface area (Å²) in [6, 6.07) is 13.3. The van der Waals surface area contributed by atoms with Crippen LogP contribution in [0.1, 0.15) is 5.56 Å². The third-order valence-corrected chi connectivity index (χ3v) is 4.26. The number of fused-ring (bicyclic) bond motifs is 1. The van der Waals surface area contributed by atoms with Crippen molar-refractivity contribution in [3.63, 3.8) is 0 Å². The van der Waals surface area contributed by atoms with E-state index in [-0.39, 0.29) is 12.5 Å². The number of aromatic amines is 1. The number of nitrogens with one attached hydrogen (secondary N) is 3. The zero-order chi connectivity index (χ0) is 17.6. The molecule has 0 aliphatic rings. The first kappa shape index (κ1) is 17.3. The normalized spacial score (nSPS) is 10.8. The second-order valence-electron chi connectivity index (χ2n) is 5.68. The summed E-state index contributed by atoms with van der Waals surface area (Å²) >= 11 is 6.05. The third kappa shape index (κ3) is 4.32. The molecule has 0 bridgehead atoms. The number of hydrogen-bond donors (Lipinski definition) is 3. The van der Waals surface area contributed by atoms with Crippen LogP contribution in [0, 0.1) is 0 Å². The minimum Gasteiger partial charge on any atom is -0.495 e. The van der Waals surface area contributed by atoms with Crippen molar-refractivity contribution in [3.8, 4) is 5.75 Å². The van der Waals surface area contributed by atoms with Crippen LogP contribution < -0.4 is 15.4 Å². The Hall–Kier alpha value is -2.50. The third-order valence-electron chi connectivity index (χ3n) is 3.97. The molecule has 0 unspecified atom stereocenters. The molecule has 0 spiro atoms. The lowest BCUT2D eigenvalue weighted by atomic mass is 10.1. The number of carbonyl (C=O) groups is 1. The van der Waals surface area contributed by atoms with Gasteiger partial charge in [-0.3, -0.25) is 4.79 Å². The van der Waals surface area contributed by atoms with E-state index in [9.17, 15) is 4.79 Å². The second-order valence-corrected chi connectivity index (χ2v) is 6.09. The van der Waals surface area contributed by atoms with Crippen LogP contribution in [0.4, 0.5) is 5.69 Å². The van der Waals surface area contributed by atoms with E-state index in [1.54, 1.807) is 25.3 Å². The van der Waals surface area contributed by atoms with Crippen molar-refractivity contribution in [1.29, 1.82) is 0 Å². The topological polar surface area (TPSA) is 66.2 Å². The van der Waals surface area contributed by atoms with Gasteiger partial charge in [-0.2, -0.15) is 0 Å². The summed E-state index contributed by atoms with van der Waals surface area (Å²) in [6.07, 6.45) is 2.87. The zero-order valence-corrected chi connectivity index (χ0v) is 14.7. The fraction of sp³-hybridized carbons (Fsp3) is 0.211. The number of methoxy groups -OCH3 is 1. The number of H-pyrrole nitrogens is 1. The largest absolute Gasteiger partial charge is 0.495 e. The maximum Gasteiger partial charge on any atom is 0.238 e. The maximum atomic E-state index is 12.0. The van der Waals surface area contributed by atoms with Gasteiger partial charge < -0.3 is 20.4 Å². The van der Waals surface area contributed by atoms with Gasteiger partial charge >= 0.3 is 0 Å². The molecule has 0 aliphatic carbocycles. The lowest BCUT2D eigenvalue weighted by Gasteiger charge is -2.09. The van der Waals surface area contributed by atoms with Crippen LogP contribution in [0.3, 0.4) is 0 Å². The summed E-state index contributed by atoms with van der Waals surface area (Å²) in [5, 5.41) is 7.66. The van der Waals surface area contributed by atoms with Crippen molar-refractivity contribution >= 4 is 34.1 Å². The van der Waals surface area contributed by atoms with Crippen LogP contribution in [-0.4, -0.2) is 31.1 Å². The number of hydrogen-bond acceptors (Lipinski definition) is 3. The molecule has 3 aromatic rings. The van der Waals surface area contributed by atoms with Crippen molar-refractivity contribution in [1.82, 2.24) is 10.3 Å².